The molecule has 1 unspecified atom stereocenters. The first-order valence-corrected chi connectivity index (χ1v) is 12.7. The van der Waals surface area contributed by atoms with Gasteiger partial charge >= 0.3 is 12.4 Å². The third kappa shape index (κ3) is 5.07. The smallest absolute Gasteiger partial charge is 0.369 e. The largest absolute Gasteiger partial charge is 0.430 e. The van der Waals surface area contributed by atoms with Gasteiger partial charge in [0.1, 0.15) is 0 Å². The molecule has 1 nitrogen and oxygen atoms in total. The zero-order chi connectivity index (χ0) is 27.6. The van der Waals surface area contributed by atoms with Crippen molar-refractivity contribution in [3.63, 3.8) is 0 Å². The van der Waals surface area contributed by atoms with Crippen LogP contribution in [0.5, 0.6) is 0 Å². The third-order valence-corrected chi connectivity index (χ3v) is 8.67. The Balaban J connectivity index is 1.98. The van der Waals surface area contributed by atoms with Crippen LogP contribution in [0, 0.1) is 0 Å². The first kappa shape index (κ1) is 28.1. The lowest BCUT2D eigenvalue weighted by Gasteiger charge is -2.39. The maximum absolute atomic E-state index is 13.9. The van der Waals surface area contributed by atoms with Crippen LogP contribution < -0.4 is 0 Å². The van der Waals surface area contributed by atoms with Gasteiger partial charge in [0.2, 0.25) is 0 Å². The van der Waals surface area contributed by atoms with E-state index in [4.69, 9.17) is 12.6 Å². The molecule has 4 aromatic rings. The van der Waals surface area contributed by atoms with Crippen molar-refractivity contribution < 1.29 is 31.4 Å². The minimum atomic E-state index is -6.01. The van der Waals surface area contributed by atoms with Crippen LogP contribution in [0.4, 0.5) is 26.3 Å². The van der Waals surface area contributed by atoms with E-state index in [-0.39, 0.29) is 4.90 Å². The van der Waals surface area contributed by atoms with Gasteiger partial charge in [0.05, 0.1) is 10.00 Å². The Morgan fingerprint density at radius 2 is 0.974 bits per heavy atom. The van der Waals surface area contributed by atoms with Gasteiger partial charge in [-0.2, -0.15) is 39.0 Å². The van der Waals surface area contributed by atoms with E-state index < -0.39 is 33.5 Å². The first-order valence-electron chi connectivity index (χ1n) is 11.4. The molecule has 0 amide bonds. The summed E-state index contributed by atoms with van der Waals surface area (Å²) < 4.78 is 82.2. The normalized spacial score (nSPS) is 13.8. The predicted molar refractivity (Wildman–Crippen MR) is 140 cm³/mol. The topological polar surface area (TPSA) is 20.2 Å². The van der Waals surface area contributed by atoms with Crippen LogP contribution in [0.3, 0.4) is 0 Å². The number of thiol groups is 1. The number of hydrogen-bond acceptors (Lipinski definition) is 3. The third-order valence-electron chi connectivity index (χ3n) is 6.25. The molecule has 1 N–H and O–H groups in total. The summed E-state index contributed by atoms with van der Waals surface area (Å²) in [6.07, 6.45) is -12.0. The summed E-state index contributed by atoms with van der Waals surface area (Å²) in [5.74, 6) is 0. The molecule has 0 radical (unpaired) electrons. The number of hydrogen-bond donors (Lipinski definition) is 2. The van der Waals surface area contributed by atoms with Crippen LogP contribution in [-0.2, 0) is 10.3 Å². The molecule has 0 aromatic heterocycles. The molecule has 0 heterocycles. The average Bonchev–Trinajstić information content (AvgIpc) is 2.91. The van der Waals surface area contributed by atoms with Gasteiger partial charge in [-0.3, -0.25) is 0 Å². The van der Waals surface area contributed by atoms with E-state index >= 15 is 0 Å². The predicted octanol–water partition coefficient (Wildman–Crippen LogP) is 8.71. The summed E-state index contributed by atoms with van der Waals surface area (Å²) in [5, 5.41) is 9.46. The summed E-state index contributed by atoms with van der Waals surface area (Å²) >= 11 is 5.92. The summed E-state index contributed by atoms with van der Waals surface area (Å²) in [7, 11) is 0. The van der Waals surface area contributed by atoms with Gasteiger partial charge in [-0.15, -0.1) is 11.8 Å². The fraction of sp³-hybridized carbons (Fsp3) is 0.172. The zero-order valence-corrected chi connectivity index (χ0v) is 21.3. The van der Waals surface area contributed by atoms with Crippen molar-refractivity contribution in [2.75, 3.05) is 0 Å². The monoisotopic (exact) mass is 564 g/mol. The van der Waals surface area contributed by atoms with Crippen molar-refractivity contribution in [1.82, 2.24) is 0 Å². The molecular weight excluding hydrogens is 542 g/mol. The average molecular weight is 565 g/mol. The van der Waals surface area contributed by atoms with Crippen molar-refractivity contribution in [3.05, 3.63) is 138 Å². The molecule has 198 valence electrons. The Morgan fingerprint density at radius 1 is 0.579 bits per heavy atom. The van der Waals surface area contributed by atoms with Gasteiger partial charge in [0.25, 0.3) is 5.60 Å². The maximum atomic E-state index is 13.9. The van der Waals surface area contributed by atoms with E-state index in [0.29, 0.717) is 22.8 Å². The summed E-state index contributed by atoms with van der Waals surface area (Å²) in [5.41, 5.74) is -4.35. The second kappa shape index (κ2) is 10.7. The van der Waals surface area contributed by atoms with E-state index in [1.54, 1.807) is 66.7 Å². The minimum absolute atomic E-state index is 0.371. The number of rotatable bonds is 7. The molecule has 0 saturated carbocycles. The molecule has 0 aliphatic carbocycles. The molecule has 0 aliphatic rings. The number of thioether (sulfide) groups is 1. The minimum Gasteiger partial charge on any atom is -0.369 e. The van der Waals surface area contributed by atoms with Crippen LogP contribution in [0.15, 0.2) is 120 Å². The van der Waals surface area contributed by atoms with Gasteiger partial charge in [-0.25, -0.2) is 0 Å². The van der Waals surface area contributed by atoms with E-state index in [9.17, 15) is 31.4 Å². The Kier molecular flexibility index (Phi) is 7.93. The van der Waals surface area contributed by atoms with Crippen molar-refractivity contribution in [2.24, 2.45) is 0 Å². The first-order chi connectivity index (χ1) is 17.9. The highest BCUT2D eigenvalue weighted by Gasteiger charge is 2.72. The van der Waals surface area contributed by atoms with Crippen LogP contribution in [0.1, 0.15) is 27.5 Å². The van der Waals surface area contributed by atoms with Crippen molar-refractivity contribution in [1.29, 1.82) is 0 Å². The molecule has 0 saturated heterocycles. The quantitative estimate of drug-likeness (QED) is 0.133. The lowest BCUT2D eigenvalue weighted by Crippen LogP contribution is -2.54. The molecule has 0 bridgehead atoms. The molecule has 0 aliphatic heterocycles. The number of halogens is 6. The second-order valence-corrected chi connectivity index (χ2v) is 10.5. The molecule has 38 heavy (non-hydrogen) atoms. The van der Waals surface area contributed by atoms with E-state index in [0.717, 1.165) is 23.9 Å². The molecular formula is C29H22F6OS2. The maximum Gasteiger partial charge on any atom is 0.430 e. The summed E-state index contributed by atoms with van der Waals surface area (Å²) in [6, 6.07) is 30.9. The van der Waals surface area contributed by atoms with E-state index in [1.807, 2.05) is 24.3 Å². The Bertz CT molecular complexity index is 1290. The fourth-order valence-electron chi connectivity index (χ4n) is 4.34. The molecule has 9 heteroatoms. The van der Waals surface area contributed by atoms with Crippen molar-refractivity contribution >= 4 is 24.4 Å². The number of benzene rings is 4. The lowest BCUT2D eigenvalue weighted by atomic mass is 9.84. The molecule has 4 aromatic carbocycles. The Hall–Kier alpha value is -2.88. The Morgan fingerprint density at radius 3 is 1.42 bits per heavy atom. The van der Waals surface area contributed by atoms with Gasteiger partial charge < -0.3 is 5.11 Å². The number of aliphatic hydroxyl groups is 1. The standard InChI is InChI=1S/C29H22F6OS2/c30-28(31,32)27(36,29(33,34)35)23-18-10-11-19-24(23)38-25(20-12-4-1-5-13-20)26(37,21-14-6-2-7-15-21)22-16-8-3-9-17-22/h1-19,25,36-37H. The zero-order valence-electron chi connectivity index (χ0n) is 19.6. The molecule has 4 rings (SSSR count). The molecule has 0 fully saturated rings. The highest BCUT2D eigenvalue weighted by atomic mass is 32.2. The van der Waals surface area contributed by atoms with Gasteiger partial charge in [-0.1, -0.05) is 109 Å². The Labute approximate surface area is 225 Å². The highest BCUT2D eigenvalue weighted by molar-refractivity contribution is 8.00. The number of alkyl halides is 6. The van der Waals surface area contributed by atoms with Crippen LogP contribution >= 0.6 is 24.4 Å². The highest BCUT2D eigenvalue weighted by Crippen LogP contribution is 2.58. The van der Waals surface area contributed by atoms with Crippen molar-refractivity contribution in [3.8, 4) is 0 Å². The van der Waals surface area contributed by atoms with Crippen molar-refractivity contribution in [2.45, 2.75) is 32.8 Å². The van der Waals surface area contributed by atoms with Crippen LogP contribution in [0.25, 0.3) is 0 Å². The summed E-state index contributed by atoms with van der Waals surface area (Å²) in [4.78, 5) is -0.371. The van der Waals surface area contributed by atoms with Gasteiger partial charge in [0.15, 0.2) is 0 Å². The van der Waals surface area contributed by atoms with E-state index in [1.165, 1.54) is 6.07 Å². The second-order valence-electron chi connectivity index (χ2n) is 8.61. The van der Waals surface area contributed by atoms with Gasteiger partial charge in [-0.05, 0) is 22.8 Å². The van der Waals surface area contributed by atoms with Gasteiger partial charge in [0, 0.05) is 10.5 Å². The fourth-order valence-corrected chi connectivity index (χ4v) is 6.43. The van der Waals surface area contributed by atoms with Crippen LogP contribution in [-0.4, -0.2) is 17.5 Å². The van der Waals surface area contributed by atoms with E-state index in [2.05, 4.69) is 0 Å². The molecule has 1 atom stereocenters. The molecule has 0 spiro atoms. The lowest BCUT2D eigenvalue weighted by molar-refractivity contribution is -0.377. The van der Waals surface area contributed by atoms with Crippen LogP contribution in [0.2, 0.25) is 0 Å². The SMILES string of the molecule is OC(c1ccccc1SC(c1ccccc1)C(S)(c1ccccc1)c1ccccc1)(C(F)(F)F)C(F)(F)F. The summed E-state index contributed by atoms with van der Waals surface area (Å²) in [6.45, 7) is 0.